The molecule has 1 rings (SSSR count). The second-order valence-electron chi connectivity index (χ2n) is 7.29. The number of hydrogen-bond donors (Lipinski definition) is 2. The number of rotatable bonds is 9. The van der Waals surface area contributed by atoms with Crippen LogP contribution < -0.4 is 10.6 Å². The molecule has 0 spiro atoms. The van der Waals surface area contributed by atoms with Crippen LogP contribution in [0.3, 0.4) is 0 Å². The van der Waals surface area contributed by atoms with Crippen molar-refractivity contribution < 1.29 is 0 Å². The van der Waals surface area contributed by atoms with Crippen LogP contribution in [0, 0.1) is 5.41 Å². The van der Waals surface area contributed by atoms with Gasteiger partial charge in [-0.05, 0) is 44.6 Å². The molecule has 2 N–H and O–H groups in total. The lowest BCUT2D eigenvalue weighted by molar-refractivity contribution is 0.273. The zero-order valence-corrected chi connectivity index (χ0v) is 13.7. The summed E-state index contributed by atoms with van der Waals surface area (Å²) in [7, 11) is 0. The zero-order valence-electron chi connectivity index (χ0n) is 13.7. The first-order valence-corrected chi connectivity index (χ1v) is 8.50. The van der Waals surface area contributed by atoms with E-state index < -0.39 is 0 Å². The van der Waals surface area contributed by atoms with E-state index in [0.717, 1.165) is 12.6 Å². The molecule has 1 aliphatic heterocycles. The van der Waals surface area contributed by atoms with E-state index in [1.54, 1.807) is 0 Å². The summed E-state index contributed by atoms with van der Waals surface area (Å²) < 4.78 is 0. The molecular formula is C17H36N2. The lowest BCUT2D eigenvalue weighted by Gasteiger charge is -2.30. The first kappa shape index (κ1) is 17.0. The van der Waals surface area contributed by atoms with E-state index in [1.165, 1.54) is 57.9 Å². The fourth-order valence-corrected chi connectivity index (χ4v) is 3.03. The Morgan fingerprint density at radius 3 is 2.68 bits per heavy atom. The highest BCUT2D eigenvalue weighted by molar-refractivity contribution is 4.79. The number of unbranched alkanes of at least 4 members (excludes halogenated alkanes) is 2. The molecule has 1 heterocycles. The summed E-state index contributed by atoms with van der Waals surface area (Å²) in [6.07, 6.45) is 10.9. The maximum absolute atomic E-state index is 3.76. The van der Waals surface area contributed by atoms with Crippen molar-refractivity contribution in [1.29, 1.82) is 0 Å². The maximum Gasteiger partial charge on any atom is 0.00817 e. The number of hydrogen-bond acceptors (Lipinski definition) is 2. The average molecular weight is 268 g/mol. The molecule has 2 heteroatoms. The molecule has 0 aromatic rings. The highest BCUT2D eigenvalue weighted by atomic mass is 15.0. The van der Waals surface area contributed by atoms with E-state index >= 15 is 0 Å². The molecule has 2 atom stereocenters. The van der Waals surface area contributed by atoms with E-state index in [1.807, 2.05) is 0 Å². The second kappa shape index (κ2) is 8.97. The van der Waals surface area contributed by atoms with Crippen LogP contribution in [0.5, 0.6) is 0 Å². The van der Waals surface area contributed by atoms with Crippen molar-refractivity contribution in [2.75, 3.05) is 13.1 Å². The first-order valence-electron chi connectivity index (χ1n) is 8.50. The molecular weight excluding hydrogens is 232 g/mol. The van der Waals surface area contributed by atoms with E-state index in [9.17, 15) is 0 Å². The molecule has 1 fully saturated rings. The molecule has 114 valence electrons. The first-order chi connectivity index (χ1) is 9.03. The third kappa shape index (κ3) is 7.94. The third-order valence-corrected chi connectivity index (χ3v) is 4.44. The van der Waals surface area contributed by atoms with Crippen LogP contribution in [0.15, 0.2) is 0 Å². The average Bonchev–Trinajstić information content (AvgIpc) is 2.38. The van der Waals surface area contributed by atoms with Gasteiger partial charge in [-0.1, -0.05) is 46.5 Å². The molecule has 1 saturated heterocycles. The fraction of sp³-hybridized carbons (Fsp3) is 1.00. The highest BCUT2D eigenvalue weighted by Crippen LogP contribution is 2.23. The van der Waals surface area contributed by atoms with Crippen LogP contribution >= 0.6 is 0 Å². The zero-order chi connectivity index (χ0) is 14.1. The van der Waals surface area contributed by atoms with Crippen molar-refractivity contribution in [2.24, 2.45) is 5.41 Å². The summed E-state index contributed by atoms with van der Waals surface area (Å²) in [5.41, 5.74) is 0.448. The topological polar surface area (TPSA) is 24.1 Å². The smallest absolute Gasteiger partial charge is 0.00817 e. The van der Waals surface area contributed by atoms with E-state index in [-0.39, 0.29) is 0 Å². The monoisotopic (exact) mass is 268 g/mol. The maximum atomic E-state index is 3.76. The summed E-state index contributed by atoms with van der Waals surface area (Å²) in [5.74, 6) is 0. The summed E-state index contributed by atoms with van der Waals surface area (Å²) >= 11 is 0. The molecule has 0 amide bonds. The standard InChI is InChI=1S/C17H36N2/c1-5-6-8-11-17(3,4)14-19-15(2)13-16-10-7-9-12-18-16/h15-16,18-19H,5-14H2,1-4H3. The molecule has 0 bridgehead atoms. The van der Waals surface area contributed by atoms with Crippen molar-refractivity contribution in [3.63, 3.8) is 0 Å². The fourth-order valence-electron chi connectivity index (χ4n) is 3.03. The van der Waals surface area contributed by atoms with Crippen LogP contribution in [0.25, 0.3) is 0 Å². The van der Waals surface area contributed by atoms with Crippen molar-refractivity contribution in [3.8, 4) is 0 Å². The Hall–Kier alpha value is -0.0800. The van der Waals surface area contributed by atoms with Gasteiger partial charge in [-0.2, -0.15) is 0 Å². The van der Waals surface area contributed by atoms with Crippen molar-refractivity contribution in [2.45, 2.75) is 91.1 Å². The summed E-state index contributed by atoms with van der Waals surface area (Å²) in [6.45, 7) is 11.8. The predicted molar refractivity (Wildman–Crippen MR) is 85.6 cm³/mol. The minimum Gasteiger partial charge on any atom is -0.314 e. The summed E-state index contributed by atoms with van der Waals surface area (Å²) in [6, 6.07) is 1.39. The van der Waals surface area contributed by atoms with Crippen molar-refractivity contribution >= 4 is 0 Å². The lowest BCUT2D eigenvalue weighted by atomic mass is 9.86. The Morgan fingerprint density at radius 1 is 1.26 bits per heavy atom. The van der Waals surface area contributed by atoms with Crippen LogP contribution in [0.2, 0.25) is 0 Å². The molecule has 2 nitrogen and oxygen atoms in total. The number of nitrogens with one attached hydrogen (secondary N) is 2. The third-order valence-electron chi connectivity index (χ3n) is 4.44. The molecule has 2 unspecified atom stereocenters. The van der Waals surface area contributed by atoms with Gasteiger partial charge in [-0.25, -0.2) is 0 Å². The SMILES string of the molecule is CCCCCC(C)(C)CNC(C)CC1CCCCN1. The van der Waals surface area contributed by atoms with Crippen molar-refractivity contribution in [3.05, 3.63) is 0 Å². The quantitative estimate of drug-likeness (QED) is 0.615. The lowest BCUT2D eigenvalue weighted by Crippen LogP contribution is -2.42. The number of piperidine rings is 1. The molecule has 0 aliphatic carbocycles. The Bertz CT molecular complexity index is 219. The van der Waals surface area contributed by atoms with E-state index in [4.69, 9.17) is 0 Å². The van der Waals surface area contributed by atoms with Gasteiger partial charge in [-0.15, -0.1) is 0 Å². The summed E-state index contributed by atoms with van der Waals surface area (Å²) in [4.78, 5) is 0. The van der Waals surface area contributed by atoms with Gasteiger partial charge in [0.25, 0.3) is 0 Å². The van der Waals surface area contributed by atoms with Gasteiger partial charge in [-0.3, -0.25) is 0 Å². The second-order valence-corrected chi connectivity index (χ2v) is 7.29. The van der Waals surface area contributed by atoms with Gasteiger partial charge in [0, 0.05) is 18.6 Å². The molecule has 0 saturated carbocycles. The Morgan fingerprint density at radius 2 is 2.05 bits per heavy atom. The largest absolute Gasteiger partial charge is 0.314 e. The van der Waals surface area contributed by atoms with Crippen LogP contribution in [0.1, 0.15) is 79.1 Å². The Labute approximate surface area is 121 Å². The van der Waals surface area contributed by atoms with Crippen LogP contribution in [0.4, 0.5) is 0 Å². The van der Waals surface area contributed by atoms with E-state index in [2.05, 4.69) is 38.3 Å². The van der Waals surface area contributed by atoms with Crippen LogP contribution in [-0.2, 0) is 0 Å². The minimum absolute atomic E-state index is 0.448. The summed E-state index contributed by atoms with van der Waals surface area (Å²) in [5, 5.41) is 7.41. The van der Waals surface area contributed by atoms with E-state index in [0.29, 0.717) is 11.5 Å². The van der Waals surface area contributed by atoms with Gasteiger partial charge >= 0.3 is 0 Å². The normalized spacial score (nSPS) is 22.4. The Kier molecular flexibility index (Phi) is 8.01. The molecule has 0 aromatic heterocycles. The van der Waals surface area contributed by atoms with Crippen molar-refractivity contribution in [1.82, 2.24) is 10.6 Å². The highest BCUT2D eigenvalue weighted by Gasteiger charge is 2.20. The van der Waals surface area contributed by atoms with Gasteiger partial charge in [0.1, 0.15) is 0 Å². The minimum atomic E-state index is 0.448. The van der Waals surface area contributed by atoms with Gasteiger partial charge in [0.2, 0.25) is 0 Å². The molecule has 19 heavy (non-hydrogen) atoms. The molecule has 1 aliphatic rings. The molecule has 0 aromatic carbocycles. The predicted octanol–water partition coefficient (Wildman–Crippen LogP) is 4.10. The molecule has 0 radical (unpaired) electrons. The van der Waals surface area contributed by atoms with Gasteiger partial charge < -0.3 is 10.6 Å². The van der Waals surface area contributed by atoms with Crippen LogP contribution in [-0.4, -0.2) is 25.2 Å². The van der Waals surface area contributed by atoms with Gasteiger partial charge in [0.05, 0.1) is 0 Å². The Balaban J connectivity index is 2.14. The van der Waals surface area contributed by atoms with Gasteiger partial charge in [0.15, 0.2) is 0 Å².